The largest absolute Gasteiger partial charge is 0.496 e. The van der Waals surface area contributed by atoms with Gasteiger partial charge in [0.25, 0.3) is 0 Å². The molecule has 0 amide bonds. The fraction of sp³-hybridized carbons (Fsp3) is 0.417. The van der Waals surface area contributed by atoms with Crippen LogP contribution in [0.2, 0.25) is 0 Å². The first kappa shape index (κ1) is 14.5. The highest BCUT2D eigenvalue weighted by Crippen LogP contribution is 2.29. The summed E-state index contributed by atoms with van der Waals surface area (Å²) in [5.74, 6) is 0.492. The Hall–Kier alpha value is -0.550. The highest BCUT2D eigenvalue weighted by atomic mass is 79.9. The minimum atomic E-state index is -0.306. The van der Waals surface area contributed by atoms with Crippen molar-refractivity contribution in [3.8, 4) is 5.75 Å². The predicted molar refractivity (Wildman–Crippen MR) is 74.2 cm³/mol. The van der Waals surface area contributed by atoms with Crippen LogP contribution < -0.4 is 4.74 Å². The Kier molecular flexibility index (Phi) is 5.98. The van der Waals surface area contributed by atoms with Gasteiger partial charge in [-0.25, -0.2) is 4.79 Å². The van der Waals surface area contributed by atoms with Crippen LogP contribution >= 0.6 is 31.9 Å². The third-order valence-corrected chi connectivity index (χ3v) is 3.45. The van der Waals surface area contributed by atoms with Crippen molar-refractivity contribution in [3.05, 3.63) is 28.8 Å². The highest BCUT2D eigenvalue weighted by Gasteiger charge is 2.14. The highest BCUT2D eigenvalue weighted by molar-refractivity contribution is 9.08. The maximum atomic E-state index is 11.7. The first-order chi connectivity index (χ1) is 8.17. The van der Waals surface area contributed by atoms with E-state index in [2.05, 4.69) is 31.9 Å². The average Bonchev–Trinajstić information content (AvgIpc) is 2.37. The molecule has 17 heavy (non-hydrogen) atoms. The molecule has 94 valence electrons. The molecule has 0 saturated carbocycles. The second kappa shape index (κ2) is 7.01. The lowest BCUT2D eigenvalue weighted by molar-refractivity contribution is 0.0526. The maximum absolute atomic E-state index is 11.7. The second-order valence-corrected chi connectivity index (χ2v) is 4.44. The van der Waals surface area contributed by atoms with Gasteiger partial charge in [0.1, 0.15) is 5.75 Å². The molecule has 0 heterocycles. The molecule has 1 rings (SSSR count). The van der Waals surface area contributed by atoms with E-state index in [-0.39, 0.29) is 5.97 Å². The Balaban J connectivity index is 3.22. The van der Waals surface area contributed by atoms with Gasteiger partial charge in [-0.05, 0) is 19.1 Å². The van der Waals surface area contributed by atoms with E-state index < -0.39 is 0 Å². The van der Waals surface area contributed by atoms with Gasteiger partial charge in [-0.15, -0.1) is 0 Å². The molecule has 0 aliphatic heterocycles. The van der Waals surface area contributed by atoms with Gasteiger partial charge in [0.2, 0.25) is 0 Å². The summed E-state index contributed by atoms with van der Waals surface area (Å²) >= 11 is 6.77. The van der Waals surface area contributed by atoms with Gasteiger partial charge >= 0.3 is 5.97 Å². The van der Waals surface area contributed by atoms with E-state index >= 15 is 0 Å². The summed E-state index contributed by atoms with van der Waals surface area (Å²) < 4.78 is 10.3. The summed E-state index contributed by atoms with van der Waals surface area (Å²) in [6.45, 7) is 2.16. The van der Waals surface area contributed by atoms with Crippen molar-refractivity contribution < 1.29 is 14.3 Å². The molecule has 3 nitrogen and oxygen atoms in total. The van der Waals surface area contributed by atoms with Gasteiger partial charge < -0.3 is 9.47 Å². The summed E-state index contributed by atoms with van der Waals surface area (Å²) in [5.41, 5.74) is 2.43. The minimum Gasteiger partial charge on any atom is -0.496 e. The number of alkyl halides is 2. The fourth-order valence-electron chi connectivity index (χ4n) is 1.55. The van der Waals surface area contributed by atoms with Crippen molar-refractivity contribution in [1.29, 1.82) is 0 Å². The SMILES string of the molecule is CCOC(=O)c1cc(CBr)c(OC)c(CBr)c1. The number of hydrogen-bond donors (Lipinski definition) is 0. The van der Waals surface area contributed by atoms with Crippen LogP contribution in [-0.4, -0.2) is 19.7 Å². The first-order valence-electron chi connectivity index (χ1n) is 5.16. The molecule has 0 unspecified atom stereocenters. The zero-order chi connectivity index (χ0) is 12.8. The van der Waals surface area contributed by atoms with E-state index in [1.165, 1.54) is 0 Å². The quantitative estimate of drug-likeness (QED) is 0.590. The summed E-state index contributed by atoms with van der Waals surface area (Å²) in [6, 6.07) is 3.58. The second-order valence-electron chi connectivity index (χ2n) is 3.32. The maximum Gasteiger partial charge on any atom is 0.338 e. The third-order valence-electron chi connectivity index (χ3n) is 2.25. The average molecular weight is 366 g/mol. The van der Waals surface area contributed by atoms with Gasteiger partial charge in [0.05, 0.1) is 19.3 Å². The van der Waals surface area contributed by atoms with Crippen LogP contribution in [0, 0.1) is 0 Å². The van der Waals surface area contributed by atoms with Gasteiger partial charge in [0, 0.05) is 21.8 Å². The topological polar surface area (TPSA) is 35.5 Å². The number of rotatable bonds is 5. The van der Waals surface area contributed by atoms with E-state index in [1.54, 1.807) is 26.2 Å². The van der Waals surface area contributed by atoms with Crippen LogP contribution in [0.1, 0.15) is 28.4 Å². The lowest BCUT2D eigenvalue weighted by Crippen LogP contribution is -2.07. The molecule has 0 atom stereocenters. The molecule has 0 spiro atoms. The van der Waals surface area contributed by atoms with Crippen LogP contribution in [0.4, 0.5) is 0 Å². The van der Waals surface area contributed by atoms with Gasteiger partial charge in [-0.3, -0.25) is 0 Å². The Morgan fingerprint density at radius 2 is 1.76 bits per heavy atom. The van der Waals surface area contributed by atoms with Gasteiger partial charge in [0.15, 0.2) is 0 Å². The molecule has 0 fully saturated rings. The summed E-state index contributed by atoms with van der Waals surface area (Å²) in [6.07, 6.45) is 0. The number of methoxy groups -OCH3 is 1. The fourth-order valence-corrected chi connectivity index (χ4v) is 2.38. The van der Waals surface area contributed by atoms with E-state index in [4.69, 9.17) is 9.47 Å². The Labute approximate surface area is 118 Å². The van der Waals surface area contributed by atoms with Crippen LogP contribution in [0.15, 0.2) is 12.1 Å². The van der Waals surface area contributed by atoms with E-state index in [0.717, 1.165) is 16.9 Å². The molecule has 5 heteroatoms. The standard InChI is InChI=1S/C12H14Br2O3/c1-3-17-12(15)8-4-9(6-13)11(16-2)10(5-8)7-14/h4-5H,3,6-7H2,1-2H3. The zero-order valence-electron chi connectivity index (χ0n) is 9.76. The molecule has 0 aliphatic carbocycles. The molecule has 0 aromatic heterocycles. The normalized spacial score (nSPS) is 10.1. The van der Waals surface area contributed by atoms with Crippen LogP contribution in [0.5, 0.6) is 5.75 Å². The molecule has 0 bridgehead atoms. The number of hydrogen-bond acceptors (Lipinski definition) is 3. The van der Waals surface area contributed by atoms with Crippen LogP contribution in [0.3, 0.4) is 0 Å². The van der Waals surface area contributed by atoms with E-state index in [0.29, 0.717) is 22.8 Å². The van der Waals surface area contributed by atoms with Crippen molar-refractivity contribution >= 4 is 37.8 Å². The number of halogens is 2. The monoisotopic (exact) mass is 364 g/mol. The molecule has 1 aromatic carbocycles. The smallest absolute Gasteiger partial charge is 0.338 e. The Bertz CT molecular complexity index is 380. The van der Waals surface area contributed by atoms with Crippen molar-refractivity contribution in [2.45, 2.75) is 17.6 Å². The number of benzene rings is 1. The number of carbonyl (C=O) groups excluding carboxylic acids is 1. The summed E-state index contributed by atoms with van der Waals surface area (Å²) in [4.78, 5) is 11.7. The molecular formula is C12H14Br2O3. The summed E-state index contributed by atoms with van der Waals surface area (Å²) in [5, 5.41) is 1.26. The molecule has 0 saturated heterocycles. The lowest BCUT2D eigenvalue weighted by Gasteiger charge is -2.13. The predicted octanol–water partition coefficient (Wildman–Crippen LogP) is 3.66. The van der Waals surface area contributed by atoms with Gasteiger partial charge in [-0.2, -0.15) is 0 Å². The zero-order valence-corrected chi connectivity index (χ0v) is 12.9. The Morgan fingerprint density at radius 1 is 1.24 bits per heavy atom. The van der Waals surface area contributed by atoms with Crippen molar-refractivity contribution in [3.63, 3.8) is 0 Å². The molecule has 1 aromatic rings. The molecule has 0 radical (unpaired) electrons. The summed E-state index contributed by atoms with van der Waals surface area (Å²) in [7, 11) is 1.62. The van der Waals surface area contributed by atoms with E-state index in [9.17, 15) is 4.79 Å². The molecule has 0 N–H and O–H groups in total. The van der Waals surface area contributed by atoms with Crippen LogP contribution in [-0.2, 0) is 15.4 Å². The van der Waals surface area contributed by atoms with Crippen molar-refractivity contribution in [1.82, 2.24) is 0 Å². The molecular weight excluding hydrogens is 352 g/mol. The van der Waals surface area contributed by atoms with Crippen molar-refractivity contribution in [2.75, 3.05) is 13.7 Å². The Morgan fingerprint density at radius 3 is 2.12 bits per heavy atom. The van der Waals surface area contributed by atoms with E-state index in [1.807, 2.05) is 0 Å². The van der Waals surface area contributed by atoms with Gasteiger partial charge in [-0.1, -0.05) is 31.9 Å². The molecule has 0 aliphatic rings. The third kappa shape index (κ3) is 3.45. The number of ether oxygens (including phenoxy) is 2. The lowest BCUT2D eigenvalue weighted by atomic mass is 10.1. The number of carbonyl (C=O) groups is 1. The van der Waals surface area contributed by atoms with Crippen LogP contribution in [0.25, 0.3) is 0 Å². The minimum absolute atomic E-state index is 0.306. The first-order valence-corrected chi connectivity index (χ1v) is 7.41. The number of esters is 1. The van der Waals surface area contributed by atoms with Crippen molar-refractivity contribution in [2.24, 2.45) is 0 Å².